The predicted octanol–water partition coefficient (Wildman–Crippen LogP) is 0.250. The van der Waals surface area contributed by atoms with Gasteiger partial charge in [0.2, 0.25) is 5.91 Å². The molecule has 0 aromatic rings. The molecule has 1 saturated heterocycles. The van der Waals surface area contributed by atoms with Gasteiger partial charge in [0.25, 0.3) is 0 Å². The van der Waals surface area contributed by atoms with Crippen LogP contribution < -0.4 is 11.1 Å². The molecule has 1 heterocycles. The Balaban J connectivity index is 2.48. The Hall–Kier alpha value is -0.570. The number of amides is 1. The highest BCUT2D eigenvalue weighted by Crippen LogP contribution is 2.16. The maximum atomic E-state index is 11.0. The van der Waals surface area contributed by atoms with E-state index in [4.69, 9.17) is 5.73 Å². The molecule has 0 spiro atoms. The lowest BCUT2D eigenvalue weighted by Crippen LogP contribution is -2.38. The average molecular weight is 156 g/mol. The van der Waals surface area contributed by atoms with E-state index in [-0.39, 0.29) is 11.9 Å². The van der Waals surface area contributed by atoms with E-state index in [0.717, 1.165) is 25.8 Å². The summed E-state index contributed by atoms with van der Waals surface area (Å²) < 4.78 is 0. The third-order valence-electron chi connectivity index (χ3n) is 2.35. The van der Waals surface area contributed by atoms with E-state index in [0.29, 0.717) is 5.92 Å². The van der Waals surface area contributed by atoms with Gasteiger partial charge in [-0.2, -0.15) is 0 Å². The van der Waals surface area contributed by atoms with Crippen LogP contribution in [0.2, 0.25) is 0 Å². The van der Waals surface area contributed by atoms with Gasteiger partial charge >= 0.3 is 0 Å². The molecule has 2 unspecified atom stereocenters. The Morgan fingerprint density at radius 1 is 1.73 bits per heavy atom. The first-order valence-electron chi connectivity index (χ1n) is 4.27. The Morgan fingerprint density at radius 3 is 3.09 bits per heavy atom. The Morgan fingerprint density at radius 2 is 2.45 bits per heavy atom. The Bertz CT molecular complexity index is 147. The van der Waals surface area contributed by atoms with Crippen molar-refractivity contribution in [3.8, 4) is 0 Å². The molecule has 3 N–H and O–H groups in total. The van der Waals surface area contributed by atoms with Crippen LogP contribution in [0.3, 0.4) is 0 Å². The third-order valence-corrected chi connectivity index (χ3v) is 2.35. The number of carbonyl (C=O) groups excluding carboxylic acids is 1. The number of hydrogen-bond donors (Lipinski definition) is 2. The van der Waals surface area contributed by atoms with Gasteiger partial charge in [0.05, 0.1) is 6.04 Å². The monoisotopic (exact) mass is 156 g/mol. The second kappa shape index (κ2) is 3.72. The molecule has 1 amide bonds. The second-order valence-electron chi connectivity index (χ2n) is 3.20. The van der Waals surface area contributed by atoms with Gasteiger partial charge in [-0.25, -0.2) is 0 Å². The van der Waals surface area contributed by atoms with Crippen LogP contribution in [0.15, 0.2) is 0 Å². The molecule has 1 rings (SSSR count). The summed E-state index contributed by atoms with van der Waals surface area (Å²) >= 11 is 0. The van der Waals surface area contributed by atoms with Crippen molar-refractivity contribution >= 4 is 5.91 Å². The molecular formula is C8H16N2O. The average Bonchev–Trinajstić information content (AvgIpc) is 2.15. The van der Waals surface area contributed by atoms with E-state index < -0.39 is 0 Å². The molecule has 1 aliphatic rings. The molecule has 0 radical (unpaired) electrons. The van der Waals surface area contributed by atoms with Crippen LogP contribution in [0.4, 0.5) is 0 Å². The fraction of sp³-hybridized carbons (Fsp3) is 0.875. The van der Waals surface area contributed by atoms with Gasteiger partial charge in [-0.15, -0.1) is 0 Å². The summed E-state index contributed by atoms with van der Waals surface area (Å²) in [5, 5.41) is 2.79. The van der Waals surface area contributed by atoms with Crippen molar-refractivity contribution in [1.82, 2.24) is 5.32 Å². The van der Waals surface area contributed by atoms with Crippen molar-refractivity contribution in [2.75, 3.05) is 6.54 Å². The largest absolute Gasteiger partial charge is 0.355 e. The topological polar surface area (TPSA) is 55.1 Å². The summed E-state index contributed by atoms with van der Waals surface area (Å²) in [6.07, 6.45) is 3.06. The summed E-state index contributed by atoms with van der Waals surface area (Å²) in [7, 11) is 0. The molecule has 0 saturated carbocycles. The maximum absolute atomic E-state index is 11.0. The summed E-state index contributed by atoms with van der Waals surface area (Å²) in [5.41, 5.74) is 5.63. The first-order chi connectivity index (χ1) is 5.24. The van der Waals surface area contributed by atoms with E-state index >= 15 is 0 Å². The number of nitrogens with one attached hydrogen (secondary N) is 1. The Labute approximate surface area is 67.3 Å². The highest BCUT2D eigenvalue weighted by Gasteiger charge is 2.21. The van der Waals surface area contributed by atoms with E-state index in [1.54, 1.807) is 0 Å². The number of nitrogens with two attached hydrogens (primary N) is 1. The van der Waals surface area contributed by atoms with Crippen LogP contribution in [-0.2, 0) is 4.79 Å². The van der Waals surface area contributed by atoms with Crippen molar-refractivity contribution in [2.24, 2.45) is 11.7 Å². The van der Waals surface area contributed by atoms with E-state index in [2.05, 4.69) is 12.2 Å². The molecule has 11 heavy (non-hydrogen) atoms. The number of rotatable bonds is 1. The van der Waals surface area contributed by atoms with Crippen LogP contribution in [0.1, 0.15) is 26.2 Å². The molecule has 64 valence electrons. The highest BCUT2D eigenvalue weighted by atomic mass is 16.2. The first kappa shape index (κ1) is 8.53. The van der Waals surface area contributed by atoms with Crippen LogP contribution in [0, 0.1) is 5.92 Å². The van der Waals surface area contributed by atoms with Crippen molar-refractivity contribution in [3.63, 3.8) is 0 Å². The predicted molar refractivity (Wildman–Crippen MR) is 44.0 cm³/mol. The molecule has 3 nitrogen and oxygen atoms in total. The number of carbonyl (C=O) groups is 1. The van der Waals surface area contributed by atoms with Crippen molar-refractivity contribution in [3.05, 3.63) is 0 Å². The second-order valence-corrected chi connectivity index (χ2v) is 3.20. The molecule has 3 heteroatoms. The summed E-state index contributed by atoms with van der Waals surface area (Å²) in [4.78, 5) is 11.0. The molecule has 2 atom stereocenters. The zero-order valence-electron chi connectivity index (χ0n) is 6.97. The van der Waals surface area contributed by atoms with Crippen LogP contribution in [0.5, 0.6) is 0 Å². The quantitative estimate of drug-likeness (QED) is 0.571. The van der Waals surface area contributed by atoms with Gasteiger partial charge < -0.3 is 11.1 Å². The van der Waals surface area contributed by atoms with Crippen molar-refractivity contribution < 1.29 is 4.79 Å². The summed E-state index contributed by atoms with van der Waals surface area (Å²) in [6, 6.07) is -0.276. The first-order valence-corrected chi connectivity index (χ1v) is 4.27. The molecule has 1 aliphatic heterocycles. The molecule has 0 aliphatic carbocycles. The Kier molecular flexibility index (Phi) is 2.88. The van der Waals surface area contributed by atoms with E-state index in [1.165, 1.54) is 0 Å². The third kappa shape index (κ3) is 2.19. The lowest BCUT2D eigenvalue weighted by Gasteiger charge is -2.11. The SMILES string of the molecule is CCC1CCNC(=O)C(N)C1. The minimum absolute atomic E-state index is 0.0148. The summed E-state index contributed by atoms with van der Waals surface area (Å²) in [6.45, 7) is 2.94. The normalized spacial score (nSPS) is 32.7. The van der Waals surface area contributed by atoms with E-state index in [1.807, 2.05) is 0 Å². The molecule has 0 aromatic heterocycles. The van der Waals surface area contributed by atoms with Gasteiger partial charge in [0.1, 0.15) is 0 Å². The lowest BCUT2D eigenvalue weighted by atomic mass is 9.96. The highest BCUT2D eigenvalue weighted by molar-refractivity contribution is 5.81. The zero-order valence-corrected chi connectivity index (χ0v) is 6.97. The minimum atomic E-state index is -0.276. The van der Waals surface area contributed by atoms with Gasteiger partial charge in [0, 0.05) is 6.54 Å². The smallest absolute Gasteiger partial charge is 0.236 e. The molecule has 1 fully saturated rings. The van der Waals surface area contributed by atoms with Crippen molar-refractivity contribution in [2.45, 2.75) is 32.2 Å². The summed E-state index contributed by atoms with van der Waals surface area (Å²) in [5.74, 6) is 0.643. The van der Waals surface area contributed by atoms with Gasteiger partial charge in [-0.05, 0) is 18.8 Å². The standard InChI is InChI=1S/C8H16N2O/c1-2-6-3-4-10-8(11)7(9)5-6/h6-7H,2-5,9H2,1H3,(H,10,11). The molecular weight excluding hydrogens is 140 g/mol. The van der Waals surface area contributed by atoms with Crippen LogP contribution >= 0.6 is 0 Å². The van der Waals surface area contributed by atoms with Crippen LogP contribution in [0.25, 0.3) is 0 Å². The minimum Gasteiger partial charge on any atom is -0.355 e. The van der Waals surface area contributed by atoms with Gasteiger partial charge in [-0.1, -0.05) is 13.3 Å². The zero-order chi connectivity index (χ0) is 8.27. The lowest BCUT2D eigenvalue weighted by molar-refractivity contribution is -0.122. The van der Waals surface area contributed by atoms with Crippen molar-refractivity contribution in [1.29, 1.82) is 0 Å². The molecule has 0 bridgehead atoms. The fourth-order valence-corrected chi connectivity index (χ4v) is 1.49. The maximum Gasteiger partial charge on any atom is 0.236 e. The molecule has 0 aromatic carbocycles. The fourth-order valence-electron chi connectivity index (χ4n) is 1.49. The van der Waals surface area contributed by atoms with Gasteiger partial charge in [-0.3, -0.25) is 4.79 Å². The van der Waals surface area contributed by atoms with Crippen LogP contribution in [-0.4, -0.2) is 18.5 Å². The van der Waals surface area contributed by atoms with E-state index in [9.17, 15) is 4.79 Å². The van der Waals surface area contributed by atoms with Gasteiger partial charge in [0.15, 0.2) is 0 Å². The number of hydrogen-bond acceptors (Lipinski definition) is 2.